The van der Waals surface area contributed by atoms with Crippen LogP contribution in [0, 0.1) is 0 Å². The van der Waals surface area contributed by atoms with Gasteiger partial charge in [0.25, 0.3) is 0 Å². The van der Waals surface area contributed by atoms with Crippen molar-refractivity contribution in [3.63, 3.8) is 0 Å². The lowest BCUT2D eigenvalue weighted by atomic mass is 10.2. The van der Waals surface area contributed by atoms with E-state index in [1.54, 1.807) is 20.4 Å². The third-order valence-electron chi connectivity index (χ3n) is 3.53. The molecule has 2 N–H and O–H groups in total. The molecular weight excluding hydrogens is 242 g/mol. The van der Waals surface area contributed by atoms with Crippen molar-refractivity contribution in [1.29, 1.82) is 0 Å². The molecule has 0 saturated carbocycles. The van der Waals surface area contributed by atoms with Crippen LogP contribution in [0.15, 0.2) is 12.3 Å². The highest BCUT2D eigenvalue weighted by molar-refractivity contribution is 5.42. The summed E-state index contributed by atoms with van der Waals surface area (Å²) in [5.74, 6) is 1.45. The second-order valence-corrected chi connectivity index (χ2v) is 4.98. The first-order valence-electron chi connectivity index (χ1n) is 6.78. The van der Waals surface area contributed by atoms with Crippen LogP contribution in [0.25, 0.3) is 0 Å². The molecule has 0 aliphatic carbocycles. The molecule has 0 amide bonds. The van der Waals surface area contributed by atoms with E-state index in [1.807, 2.05) is 6.07 Å². The van der Waals surface area contributed by atoms with E-state index in [1.165, 1.54) is 12.8 Å². The number of nitrogens with two attached hydrogens (primary N) is 1. The molecule has 19 heavy (non-hydrogen) atoms. The van der Waals surface area contributed by atoms with E-state index in [0.717, 1.165) is 43.2 Å². The Kier molecular flexibility index (Phi) is 4.99. The highest BCUT2D eigenvalue weighted by Gasteiger charge is 2.18. The van der Waals surface area contributed by atoms with Crippen molar-refractivity contribution in [2.75, 3.05) is 27.3 Å². The lowest BCUT2D eigenvalue weighted by Crippen LogP contribution is -2.35. The molecule has 0 unspecified atom stereocenters. The molecule has 0 spiro atoms. The van der Waals surface area contributed by atoms with Gasteiger partial charge in [-0.2, -0.15) is 0 Å². The topological polar surface area (TPSA) is 60.6 Å². The molecule has 1 atom stereocenters. The minimum absolute atomic E-state index is 0.263. The Hall–Kier alpha value is -1.33. The summed E-state index contributed by atoms with van der Waals surface area (Å²) in [6, 6.07) is 2.08. The smallest absolute Gasteiger partial charge is 0.183 e. The van der Waals surface area contributed by atoms with Crippen LogP contribution in [0.4, 0.5) is 0 Å². The Balaban J connectivity index is 2.13. The first-order chi connectivity index (χ1) is 9.24. The fourth-order valence-electron chi connectivity index (χ4n) is 2.57. The minimum Gasteiger partial charge on any atom is -0.493 e. The van der Waals surface area contributed by atoms with E-state index in [9.17, 15) is 0 Å². The minimum atomic E-state index is 0.263. The Morgan fingerprint density at radius 3 is 2.95 bits per heavy atom. The van der Waals surface area contributed by atoms with Crippen molar-refractivity contribution in [2.24, 2.45) is 5.73 Å². The van der Waals surface area contributed by atoms with Gasteiger partial charge in [-0.1, -0.05) is 6.42 Å². The lowest BCUT2D eigenvalue weighted by molar-refractivity contribution is 0.254. The zero-order chi connectivity index (χ0) is 13.7. The molecule has 1 aliphatic rings. The molecule has 1 saturated heterocycles. The molecule has 5 nitrogen and oxygen atoms in total. The van der Waals surface area contributed by atoms with Crippen molar-refractivity contribution in [2.45, 2.75) is 31.8 Å². The number of ether oxygens (including phenoxy) is 2. The number of rotatable bonds is 4. The molecule has 5 heteroatoms. The first kappa shape index (κ1) is 14.1. The van der Waals surface area contributed by atoms with Crippen molar-refractivity contribution < 1.29 is 9.47 Å². The van der Waals surface area contributed by atoms with Crippen LogP contribution in [-0.4, -0.2) is 43.2 Å². The van der Waals surface area contributed by atoms with Gasteiger partial charge in [-0.25, -0.2) is 0 Å². The molecule has 0 aromatic carbocycles. The van der Waals surface area contributed by atoms with Crippen LogP contribution in [-0.2, 0) is 6.54 Å². The van der Waals surface area contributed by atoms with E-state index < -0.39 is 0 Å². The fraction of sp³-hybridized carbons (Fsp3) is 0.643. The second kappa shape index (κ2) is 6.73. The van der Waals surface area contributed by atoms with E-state index in [4.69, 9.17) is 15.2 Å². The predicted octanol–water partition coefficient (Wildman–Crippen LogP) is 1.41. The highest BCUT2D eigenvalue weighted by atomic mass is 16.5. The van der Waals surface area contributed by atoms with Crippen molar-refractivity contribution >= 4 is 0 Å². The maximum atomic E-state index is 6.09. The molecule has 1 aromatic heterocycles. The number of likely N-dealkylation sites (tertiary alicyclic amines) is 1. The van der Waals surface area contributed by atoms with Crippen molar-refractivity contribution in [3.8, 4) is 11.5 Å². The zero-order valence-electron chi connectivity index (χ0n) is 11.8. The van der Waals surface area contributed by atoms with E-state index in [-0.39, 0.29) is 6.04 Å². The SMILES string of the molecule is COc1ccnc(CN2CCCC[C@H](N)C2)c1OC. The summed E-state index contributed by atoms with van der Waals surface area (Å²) in [6.45, 7) is 2.74. The standard InChI is InChI=1S/C14H23N3O2/c1-18-13-6-7-16-12(14(13)19-2)10-17-8-4-3-5-11(15)9-17/h6-7,11H,3-5,8-10,15H2,1-2H3/t11-/m0/s1. The van der Waals surface area contributed by atoms with Gasteiger partial charge in [-0.05, 0) is 19.4 Å². The number of pyridine rings is 1. The average Bonchev–Trinajstić information content (AvgIpc) is 2.62. The van der Waals surface area contributed by atoms with Crippen LogP contribution in [0.3, 0.4) is 0 Å². The Bertz CT molecular complexity index is 412. The van der Waals surface area contributed by atoms with Crippen molar-refractivity contribution in [1.82, 2.24) is 9.88 Å². The van der Waals surface area contributed by atoms with Crippen LogP contribution in [0.1, 0.15) is 25.0 Å². The van der Waals surface area contributed by atoms with Gasteiger partial charge in [-0.3, -0.25) is 9.88 Å². The monoisotopic (exact) mass is 265 g/mol. The van der Waals surface area contributed by atoms with Crippen molar-refractivity contribution in [3.05, 3.63) is 18.0 Å². The molecule has 0 radical (unpaired) electrons. The van der Waals surface area contributed by atoms with E-state index in [0.29, 0.717) is 0 Å². The van der Waals surface area contributed by atoms with Gasteiger partial charge in [0.05, 0.1) is 14.2 Å². The maximum Gasteiger partial charge on any atom is 0.183 e. The van der Waals surface area contributed by atoms with E-state index in [2.05, 4.69) is 9.88 Å². The van der Waals surface area contributed by atoms with E-state index >= 15 is 0 Å². The summed E-state index contributed by atoms with van der Waals surface area (Å²) in [5, 5.41) is 0. The summed E-state index contributed by atoms with van der Waals surface area (Å²) >= 11 is 0. The molecule has 106 valence electrons. The Labute approximate surface area is 114 Å². The lowest BCUT2D eigenvalue weighted by Gasteiger charge is -2.23. The molecule has 0 bridgehead atoms. The van der Waals surface area contributed by atoms with Gasteiger partial charge in [-0.15, -0.1) is 0 Å². The Morgan fingerprint density at radius 2 is 2.21 bits per heavy atom. The number of nitrogens with zero attached hydrogens (tertiary/aromatic N) is 2. The summed E-state index contributed by atoms with van der Waals surface area (Å²) in [7, 11) is 3.29. The summed E-state index contributed by atoms with van der Waals surface area (Å²) < 4.78 is 10.7. The van der Waals surface area contributed by atoms with Crippen LogP contribution >= 0.6 is 0 Å². The van der Waals surface area contributed by atoms with Gasteiger partial charge in [0.15, 0.2) is 11.5 Å². The molecular formula is C14H23N3O2. The van der Waals surface area contributed by atoms with Crippen LogP contribution < -0.4 is 15.2 Å². The molecule has 1 aromatic rings. The van der Waals surface area contributed by atoms with Gasteiger partial charge in [0.2, 0.25) is 0 Å². The first-order valence-corrected chi connectivity index (χ1v) is 6.78. The third-order valence-corrected chi connectivity index (χ3v) is 3.53. The normalized spacial score (nSPS) is 20.9. The van der Waals surface area contributed by atoms with Crippen LogP contribution in [0.5, 0.6) is 11.5 Å². The quantitative estimate of drug-likeness (QED) is 0.892. The van der Waals surface area contributed by atoms with Gasteiger partial charge in [0.1, 0.15) is 5.69 Å². The van der Waals surface area contributed by atoms with Gasteiger partial charge >= 0.3 is 0 Å². The fourth-order valence-corrected chi connectivity index (χ4v) is 2.57. The van der Waals surface area contributed by atoms with Gasteiger partial charge in [0, 0.05) is 31.4 Å². The van der Waals surface area contributed by atoms with Gasteiger partial charge < -0.3 is 15.2 Å². The molecule has 1 aliphatic heterocycles. The molecule has 2 rings (SSSR count). The number of methoxy groups -OCH3 is 2. The van der Waals surface area contributed by atoms with Crippen LogP contribution in [0.2, 0.25) is 0 Å². The zero-order valence-corrected chi connectivity index (χ0v) is 11.8. The summed E-state index contributed by atoms with van der Waals surface area (Å²) in [6.07, 6.45) is 5.27. The largest absolute Gasteiger partial charge is 0.493 e. The maximum absolute atomic E-state index is 6.09. The molecule has 2 heterocycles. The number of aromatic nitrogens is 1. The second-order valence-electron chi connectivity index (χ2n) is 4.98. The predicted molar refractivity (Wildman–Crippen MR) is 74.4 cm³/mol. The summed E-state index contributed by atoms with van der Waals surface area (Å²) in [5.41, 5.74) is 7.00. The highest BCUT2D eigenvalue weighted by Crippen LogP contribution is 2.30. The Morgan fingerprint density at radius 1 is 1.37 bits per heavy atom. The average molecular weight is 265 g/mol. The summed E-state index contributed by atoms with van der Waals surface area (Å²) in [4.78, 5) is 6.77. The third kappa shape index (κ3) is 3.58. The number of hydrogen-bond donors (Lipinski definition) is 1. The number of hydrogen-bond acceptors (Lipinski definition) is 5. The molecule has 1 fully saturated rings.